The zero-order chi connectivity index (χ0) is 11.7. The van der Waals surface area contributed by atoms with Crippen LogP contribution in [0.3, 0.4) is 0 Å². The Balaban J connectivity index is 2.09. The average Bonchev–Trinajstić information content (AvgIpc) is 2.50. The molecule has 1 aliphatic rings. The summed E-state index contributed by atoms with van der Waals surface area (Å²) >= 11 is 3.16. The first-order valence-electron chi connectivity index (χ1n) is 4.62. The van der Waals surface area contributed by atoms with E-state index in [1.807, 2.05) is 0 Å². The van der Waals surface area contributed by atoms with Gasteiger partial charge in [0.05, 0.1) is 18.8 Å². The van der Waals surface area contributed by atoms with Crippen LogP contribution >= 0.6 is 15.9 Å². The van der Waals surface area contributed by atoms with Crippen LogP contribution in [-0.4, -0.2) is 39.8 Å². The molecule has 7 heteroatoms. The number of anilines is 1. The number of rotatable bonds is 2. The van der Waals surface area contributed by atoms with E-state index in [-0.39, 0.29) is 18.2 Å². The molecular formula is C9H9BrN4O2. The molecule has 0 aromatic carbocycles. The molecule has 84 valence electrons. The molecule has 0 spiro atoms. The second kappa shape index (κ2) is 4.17. The van der Waals surface area contributed by atoms with Gasteiger partial charge in [-0.15, -0.1) is 0 Å². The lowest BCUT2D eigenvalue weighted by atomic mass is 10.2. The Morgan fingerprint density at radius 2 is 2.19 bits per heavy atom. The molecule has 2 amide bonds. The minimum atomic E-state index is -0.534. The number of hydrogen-bond acceptors (Lipinski definition) is 5. The van der Waals surface area contributed by atoms with Gasteiger partial charge in [0.15, 0.2) is 0 Å². The Bertz CT molecular complexity index is 434. The molecule has 0 saturated carbocycles. The third-order valence-electron chi connectivity index (χ3n) is 2.32. The number of likely N-dealkylation sites (tertiary alicyclic amines) is 1. The quantitative estimate of drug-likeness (QED) is 0.796. The number of imide groups is 1. The van der Waals surface area contributed by atoms with Crippen LogP contribution < -0.4 is 5.32 Å². The van der Waals surface area contributed by atoms with Crippen molar-refractivity contribution in [3.63, 3.8) is 0 Å². The zero-order valence-electron chi connectivity index (χ0n) is 8.48. The Morgan fingerprint density at radius 3 is 2.69 bits per heavy atom. The summed E-state index contributed by atoms with van der Waals surface area (Å²) in [6, 6.07) is -0.534. The van der Waals surface area contributed by atoms with Crippen LogP contribution in [0.15, 0.2) is 17.0 Å². The van der Waals surface area contributed by atoms with E-state index < -0.39 is 6.04 Å². The number of hydrogen-bond donors (Lipinski definition) is 1. The smallest absolute Gasteiger partial charge is 0.251 e. The summed E-state index contributed by atoms with van der Waals surface area (Å²) in [5.74, 6) is 0.0481. The number of nitrogens with one attached hydrogen (secondary N) is 1. The van der Waals surface area contributed by atoms with Gasteiger partial charge in [0, 0.05) is 7.05 Å². The van der Waals surface area contributed by atoms with E-state index in [9.17, 15) is 9.59 Å². The highest BCUT2D eigenvalue weighted by molar-refractivity contribution is 9.10. The Kier molecular flexibility index (Phi) is 2.86. The number of likely N-dealkylation sites (N-methyl/N-ethyl adjacent to an activating group) is 1. The first-order valence-corrected chi connectivity index (χ1v) is 5.41. The van der Waals surface area contributed by atoms with Crippen LogP contribution in [0.5, 0.6) is 0 Å². The maximum absolute atomic E-state index is 11.6. The van der Waals surface area contributed by atoms with Gasteiger partial charge < -0.3 is 5.32 Å². The van der Waals surface area contributed by atoms with Crippen molar-refractivity contribution in [3.05, 3.63) is 17.0 Å². The Morgan fingerprint density at radius 1 is 1.44 bits per heavy atom. The van der Waals surface area contributed by atoms with E-state index in [2.05, 4.69) is 31.2 Å². The van der Waals surface area contributed by atoms with Gasteiger partial charge in [-0.1, -0.05) is 0 Å². The van der Waals surface area contributed by atoms with E-state index >= 15 is 0 Å². The highest BCUT2D eigenvalue weighted by Gasteiger charge is 2.36. The minimum absolute atomic E-state index is 0.160. The Hall–Kier alpha value is -1.50. The fourth-order valence-electron chi connectivity index (χ4n) is 1.43. The lowest BCUT2D eigenvalue weighted by molar-refractivity contribution is -0.136. The van der Waals surface area contributed by atoms with Gasteiger partial charge in [-0.25, -0.2) is 9.97 Å². The summed E-state index contributed by atoms with van der Waals surface area (Å²) in [5, 5.41) is 2.87. The lowest BCUT2D eigenvalue weighted by Crippen LogP contribution is -2.32. The molecule has 2 rings (SSSR count). The number of carbonyl (C=O) groups excluding carboxylic acids is 2. The summed E-state index contributed by atoms with van der Waals surface area (Å²) in [5.41, 5.74) is 0. The first kappa shape index (κ1) is 11.0. The van der Waals surface area contributed by atoms with Gasteiger partial charge in [0.1, 0.15) is 16.5 Å². The van der Waals surface area contributed by atoms with Crippen molar-refractivity contribution < 1.29 is 9.59 Å². The summed E-state index contributed by atoms with van der Waals surface area (Å²) in [7, 11) is 1.47. The molecule has 1 atom stereocenters. The zero-order valence-corrected chi connectivity index (χ0v) is 10.1. The molecule has 1 N–H and O–H groups in total. The largest absolute Gasteiger partial charge is 0.357 e. The molecule has 1 fully saturated rings. The fraction of sp³-hybridized carbons (Fsp3) is 0.333. The third-order valence-corrected chi connectivity index (χ3v) is 2.73. The normalized spacial score (nSPS) is 20.4. The number of aromatic nitrogens is 2. The number of nitrogens with zero attached hydrogens (tertiary/aromatic N) is 3. The summed E-state index contributed by atoms with van der Waals surface area (Å²) in [6.07, 6.45) is 3.18. The van der Waals surface area contributed by atoms with Crippen molar-refractivity contribution in [2.24, 2.45) is 0 Å². The topological polar surface area (TPSA) is 75.2 Å². The van der Waals surface area contributed by atoms with E-state index in [0.717, 1.165) is 4.90 Å². The third kappa shape index (κ3) is 2.04. The number of carbonyl (C=O) groups is 2. The van der Waals surface area contributed by atoms with Crippen molar-refractivity contribution in [1.82, 2.24) is 14.9 Å². The van der Waals surface area contributed by atoms with Crippen LogP contribution in [0.2, 0.25) is 0 Å². The van der Waals surface area contributed by atoms with Gasteiger partial charge in [0.2, 0.25) is 5.91 Å². The van der Waals surface area contributed by atoms with Gasteiger partial charge >= 0.3 is 0 Å². The molecule has 1 unspecified atom stereocenters. The standard InChI is InChI=1S/C9H9BrN4O2/c1-14-8(15)2-5(9(14)16)13-7-4-11-6(10)3-12-7/h3-5H,2H2,1H3,(H,12,13). The molecule has 2 heterocycles. The number of amides is 2. The molecular weight excluding hydrogens is 276 g/mol. The molecule has 1 aliphatic heterocycles. The molecule has 0 bridgehead atoms. The van der Waals surface area contributed by atoms with Gasteiger partial charge in [-0.05, 0) is 15.9 Å². The molecule has 1 saturated heterocycles. The highest BCUT2D eigenvalue weighted by atomic mass is 79.9. The molecule has 1 aromatic heterocycles. The molecule has 6 nitrogen and oxygen atoms in total. The van der Waals surface area contributed by atoms with Crippen LogP contribution in [0, 0.1) is 0 Å². The molecule has 0 radical (unpaired) electrons. The van der Waals surface area contributed by atoms with Crippen molar-refractivity contribution in [1.29, 1.82) is 0 Å². The van der Waals surface area contributed by atoms with Crippen LogP contribution in [0.4, 0.5) is 5.82 Å². The van der Waals surface area contributed by atoms with Crippen LogP contribution in [0.1, 0.15) is 6.42 Å². The van der Waals surface area contributed by atoms with E-state index in [0.29, 0.717) is 10.4 Å². The van der Waals surface area contributed by atoms with Gasteiger partial charge in [0.25, 0.3) is 5.91 Å². The summed E-state index contributed by atoms with van der Waals surface area (Å²) in [4.78, 5) is 31.9. The van der Waals surface area contributed by atoms with Crippen molar-refractivity contribution >= 4 is 33.6 Å². The Labute approximate surface area is 100 Å². The molecule has 16 heavy (non-hydrogen) atoms. The second-order valence-electron chi connectivity index (χ2n) is 3.42. The predicted molar refractivity (Wildman–Crippen MR) is 59.5 cm³/mol. The van der Waals surface area contributed by atoms with Crippen molar-refractivity contribution in [3.8, 4) is 0 Å². The average molecular weight is 285 g/mol. The maximum atomic E-state index is 11.6. The molecule has 1 aromatic rings. The SMILES string of the molecule is CN1C(=O)CC(Nc2cnc(Br)cn2)C1=O. The monoisotopic (exact) mass is 284 g/mol. The van der Waals surface area contributed by atoms with Crippen molar-refractivity contribution in [2.45, 2.75) is 12.5 Å². The first-order chi connectivity index (χ1) is 7.58. The second-order valence-corrected chi connectivity index (χ2v) is 4.23. The summed E-state index contributed by atoms with van der Waals surface area (Å²) < 4.78 is 0.615. The predicted octanol–water partition coefficient (Wildman–Crippen LogP) is 0.408. The van der Waals surface area contributed by atoms with E-state index in [4.69, 9.17) is 0 Å². The number of halogens is 1. The van der Waals surface area contributed by atoms with Crippen LogP contribution in [0.25, 0.3) is 0 Å². The highest BCUT2D eigenvalue weighted by Crippen LogP contribution is 2.15. The van der Waals surface area contributed by atoms with E-state index in [1.165, 1.54) is 19.4 Å². The van der Waals surface area contributed by atoms with Crippen LogP contribution in [-0.2, 0) is 9.59 Å². The minimum Gasteiger partial charge on any atom is -0.357 e. The van der Waals surface area contributed by atoms with E-state index in [1.54, 1.807) is 0 Å². The lowest BCUT2D eigenvalue weighted by Gasteiger charge is -2.10. The van der Waals surface area contributed by atoms with Gasteiger partial charge in [-0.2, -0.15) is 0 Å². The molecule has 0 aliphatic carbocycles. The fourth-order valence-corrected chi connectivity index (χ4v) is 1.64. The van der Waals surface area contributed by atoms with Crippen molar-refractivity contribution in [2.75, 3.05) is 12.4 Å². The summed E-state index contributed by atoms with van der Waals surface area (Å²) in [6.45, 7) is 0. The maximum Gasteiger partial charge on any atom is 0.251 e. The van der Waals surface area contributed by atoms with Gasteiger partial charge in [-0.3, -0.25) is 14.5 Å².